The molecule has 5 heteroatoms. The van der Waals surface area contributed by atoms with Crippen molar-refractivity contribution >= 4 is 5.91 Å². The van der Waals surface area contributed by atoms with Crippen molar-refractivity contribution in [2.75, 3.05) is 6.54 Å². The lowest BCUT2D eigenvalue weighted by Gasteiger charge is -2.14. The number of aromatic nitrogens is 2. The maximum absolute atomic E-state index is 11.0. The predicted octanol–water partition coefficient (Wildman–Crippen LogP) is 1.21. The molecule has 0 aliphatic carbocycles. The van der Waals surface area contributed by atoms with E-state index < -0.39 is 0 Å². The van der Waals surface area contributed by atoms with Gasteiger partial charge in [-0.15, -0.1) is 0 Å². The standard InChI is InChI=1S/C12H22N4O/c1-3-5-14-11(7-12(13)17)10-8-15-16(9-10)6-4-2/h8-9,11,14H,3-7H2,1-2H3,(H2,13,17). The van der Waals surface area contributed by atoms with Crippen molar-refractivity contribution in [3.05, 3.63) is 18.0 Å². The van der Waals surface area contributed by atoms with E-state index in [0.29, 0.717) is 6.42 Å². The topological polar surface area (TPSA) is 72.9 Å². The average molecular weight is 238 g/mol. The minimum absolute atomic E-state index is 0.0157. The molecular formula is C12H22N4O. The fraction of sp³-hybridized carbons (Fsp3) is 0.667. The van der Waals surface area contributed by atoms with Crippen molar-refractivity contribution in [2.45, 2.75) is 45.7 Å². The fourth-order valence-electron chi connectivity index (χ4n) is 1.74. The summed E-state index contributed by atoms with van der Waals surface area (Å²) in [5.74, 6) is -0.290. The van der Waals surface area contributed by atoms with Crippen LogP contribution in [-0.2, 0) is 11.3 Å². The van der Waals surface area contributed by atoms with Crippen LogP contribution in [0.4, 0.5) is 0 Å². The van der Waals surface area contributed by atoms with Crippen LogP contribution in [0.15, 0.2) is 12.4 Å². The Bertz CT molecular complexity index is 348. The smallest absolute Gasteiger partial charge is 0.219 e. The molecule has 0 saturated carbocycles. The van der Waals surface area contributed by atoms with Crippen molar-refractivity contribution in [3.8, 4) is 0 Å². The van der Waals surface area contributed by atoms with Crippen molar-refractivity contribution < 1.29 is 4.79 Å². The van der Waals surface area contributed by atoms with Crippen LogP contribution in [-0.4, -0.2) is 22.2 Å². The summed E-state index contributed by atoms with van der Waals surface area (Å²) < 4.78 is 1.90. The van der Waals surface area contributed by atoms with Gasteiger partial charge in [0.05, 0.1) is 6.20 Å². The van der Waals surface area contributed by atoms with Crippen molar-refractivity contribution in [2.24, 2.45) is 5.73 Å². The summed E-state index contributed by atoms with van der Waals surface area (Å²) in [6.45, 7) is 5.97. The van der Waals surface area contributed by atoms with Gasteiger partial charge in [-0.2, -0.15) is 5.10 Å². The lowest BCUT2D eigenvalue weighted by molar-refractivity contribution is -0.118. The molecule has 1 rings (SSSR count). The summed E-state index contributed by atoms with van der Waals surface area (Å²) in [5.41, 5.74) is 6.29. The molecule has 5 nitrogen and oxygen atoms in total. The molecule has 0 radical (unpaired) electrons. The van der Waals surface area contributed by atoms with E-state index in [9.17, 15) is 4.79 Å². The molecule has 1 amide bonds. The van der Waals surface area contributed by atoms with Gasteiger partial charge in [-0.3, -0.25) is 9.48 Å². The van der Waals surface area contributed by atoms with Crippen LogP contribution >= 0.6 is 0 Å². The van der Waals surface area contributed by atoms with Gasteiger partial charge in [-0.25, -0.2) is 0 Å². The first-order valence-corrected chi connectivity index (χ1v) is 6.21. The SMILES string of the molecule is CCCNC(CC(N)=O)c1cnn(CCC)c1. The number of amides is 1. The van der Waals surface area contributed by atoms with Gasteiger partial charge >= 0.3 is 0 Å². The quantitative estimate of drug-likeness (QED) is 0.715. The highest BCUT2D eigenvalue weighted by Crippen LogP contribution is 2.15. The minimum Gasteiger partial charge on any atom is -0.370 e. The first-order valence-electron chi connectivity index (χ1n) is 6.21. The Morgan fingerprint density at radius 1 is 1.53 bits per heavy atom. The third-order valence-corrected chi connectivity index (χ3v) is 2.55. The van der Waals surface area contributed by atoms with E-state index in [1.165, 1.54) is 0 Å². The molecule has 0 aromatic carbocycles. The Labute approximate surface area is 102 Å². The zero-order chi connectivity index (χ0) is 12.7. The monoisotopic (exact) mass is 238 g/mol. The van der Waals surface area contributed by atoms with Gasteiger partial charge in [0.25, 0.3) is 0 Å². The molecule has 1 atom stereocenters. The molecule has 0 spiro atoms. The third kappa shape index (κ3) is 4.56. The number of primary amides is 1. The molecule has 0 aliphatic rings. The predicted molar refractivity (Wildman–Crippen MR) is 67.4 cm³/mol. The molecule has 0 fully saturated rings. The molecule has 17 heavy (non-hydrogen) atoms. The summed E-state index contributed by atoms with van der Waals surface area (Å²) in [6, 6.07) is -0.0157. The van der Waals surface area contributed by atoms with Crippen LogP contribution in [0.5, 0.6) is 0 Å². The molecule has 1 aromatic heterocycles. The maximum atomic E-state index is 11.0. The van der Waals surface area contributed by atoms with Gasteiger partial charge in [0.1, 0.15) is 0 Å². The number of nitrogens with zero attached hydrogens (tertiary/aromatic N) is 2. The van der Waals surface area contributed by atoms with E-state index in [4.69, 9.17) is 5.73 Å². The second-order valence-electron chi connectivity index (χ2n) is 4.21. The molecule has 1 heterocycles. The van der Waals surface area contributed by atoms with Gasteiger partial charge in [0.2, 0.25) is 5.91 Å². The Kier molecular flexibility index (Phi) is 5.69. The van der Waals surface area contributed by atoms with Gasteiger partial charge in [-0.1, -0.05) is 13.8 Å². The van der Waals surface area contributed by atoms with E-state index in [-0.39, 0.29) is 11.9 Å². The number of hydrogen-bond donors (Lipinski definition) is 2. The lowest BCUT2D eigenvalue weighted by atomic mass is 10.1. The highest BCUT2D eigenvalue weighted by Gasteiger charge is 2.15. The second kappa shape index (κ2) is 7.06. The van der Waals surface area contributed by atoms with E-state index in [1.807, 2.05) is 17.1 Å². The highest BCUT2D eigenvalue weighted by molar-refractivity contribution is 5.74. The summed E-state index contributed by atoms with van der Waals surface area (Å²) >= 11 is 0. The van der Waals surface area contributed by atoms with Crippen molar-refractivity contribution in [3.63, 3.8) is 0 Å². The number of carbonyl (C=O) groups is 1. The highest BCUT2D eigenvalue weighted by atomic mass is 16.1. The first kappa shape index (κ1) is 13.7. The van der Waals surface area contributed by atoms with E-state index in [2.05, 4.69) is 24.3 Å². The van der Waals surface area contributed by atoms with Crippen molar-refractivity contribution in [1.29, 1.82) is 0 Å². The van der Waals surface area contributed by atoms with Crippen LogP contribution in [0, 0.1) is 0 Å². The maximum Gasteiger partial charge on any atom is 0.219 e. The number of nitrogens with one attached hydrogen (secondary N) is 1. The molecule has 0 saturated heterocycles. The third-order valence-electron chi connectivity index (χ3n) is 2.55. The molecule has 0 bridgehead atoms. The average Bonchev–Trinajstić information content (AvgIpc) is 2.73. The van der Waals surface area contributed by atoms with E-state index >= 15 is 0 Å². The Morgan fingerprint density at radius 2 is 2.29 bits per heavy atom. The van der Waals surface area contributed by atoms with Crippen molar-refractivity contribution in [1.82, 2.24) is 15.1 Å². The normalized spacial score (nSPS) is 12.6. The molecule has 96 valence electrons. The summed E-state index contributed by atoms with van der Waals surface area (Å²) in [5, 5.41) is 7.59. The number of aryl methyl sites for hydroxylation is 1. The van der Waals surface area contributed by atoms with Crippen LogP contribution in [0.2, 0.25) is 0 Å². The Hall–Kier alpha value is -1.36. The van der Waals surface area contributed by atoms with Crippen LogP contribution in [0.25, 0.3) is 0 Å². The largest absolute Gasteiger partial charge is 0.370 e. The van der Waals surface area contributed by atoms with Crippen LogP contribution in [0.1, 0.15) is 44.7 Å². The fourth-order valence-corrected chi connectivity index (χ4v) is 1.74. The lowest BCUT2D eigenvalue weighted by Crippen LogP contribution is -2.27. The summed E-state index contributed by atoms with van der Waals surface area (Å²) in [7, 11) is 0. The van der Waals surface area contributed by atoms with E-state index in [0.717, 1.165) is 31.5 Å². The second-order valence-corrected chi connectivity index (χ2v) is 4.21. The van der Waals surface area contributed by atoms with Gasteiger partial charge < -0.3 is 11.1 Å². The summed E-state index contributed by atoms with van der Waals surface area (Å²) in [6.07, 6.45) is 6.19. The van der Waals surface area contributed by atoms with Gasteiger partial charge in [0.15, 0.2) is 0 Å². The first-order chi connectivity index (χ1) is 8.17. The molecule has 3 N–H and O–H groups in total. The molecule has 0 aliphatic heterocycles. The Balaban J connectivity index is 2.68. The number of nitrogens with two attached hydrogens (primary N) is 1. The Morgan fingerprint density at radius 3 is 2.88 bits per heavy atom. The van der Waals surface area contributed by atoms with Gasteiger partial charge in [0, 0.05) is 30.8 Å². The number of rotatable bonds is 8. The van der Waals surface area contributed by atoms with Crippen LogP contribution in [0.3, 0.4) is 0 Å². The van der Waals surface area contributed by atoms with E-state index in [1.54, 1.807) is 0 Å². The molecule has 1 aromatic rings. The number of hydrogen-bond acceptors (Lipinski definition) is 3. The van der Waals surface area contributed by atoms with Gasteiger partial charge in [-0.05, 0) is 19.4 Å². The summed E-state index contributed by atoms with van der Waals surface area (Å²) in [4.78, 5) is 11.0. The zero-order valence-electron chi connectivity index (χ0n) is 10.6. The number of carbonyl (C=O) groups excluding carboxylic acids is 1. The molecular weight excluding hydrogens is 216 g/mol. The minimum atomic E-state index is -0.290. The zero-order valence-corrected chi connectivity index (χ0v) is 10.6. The molecule has 1 unspecified atom stereocenters. The van der Waals surface area contributed by atoms with Crippen LogP contribution < -0.4 is 11.1 Å².